The Balaban J connectivity index is 1.10. The Morgan fingerprint density at radius 1 is 0.467 bits per heavy atom. The molecule has 0 saturated heterocycles. The number of hydrogen-bond donors (Lipinski definition) is 0. The van der Waals surface area contributed by atoms with Crippen molar-refractivity contribution in [3.05, 3.63) is 203 Å². The van der Waals surface area contributed by atoms with Crippen LogP contribution in [0.3, 0.4) is 0 Å². The molecule has 3 heterocycles. The number of hydrogen-bond acceptors (Lipinski definition) is 11. The topological polar surface area (TPSA) is 154 Å². The summed E-state index contributed by atoms with van der Waals surface area (Å²) < 4.78 is 85.0. The number of unbranched alkanes of at least 4 members (excludes halogenated alkanes) is 1. The summed E-state index contributed by atoms with van der Waals surface area (Å²) in [6, 6.07) is 52.4. The minimum Gasteiger partial charge on any atom is -0.439 e. The Morgan fingerprint density at radius 2 is 0.787 bits per heavy atom. The maximum absolute atomic E-state index is 15.8. The van der Waals surface area contributed by atoms with Crippen molar-refractivity contribution in [3.63, 3.8) is 0 Å². The van der Waals surface area contributed by atoms with E-state index in [1.165, 1.54) is 0 Å². The van der Waals surface area contributed by atoms with Gasteiger partial charge in [-0.05, 0) is 76.7 Å². The second kappa shape index (κ2) is 19.9. The van der Waals surface area contributed by atoms with Crippen LogP contribution in [0, 0.1) is 23.0 Å². The fourth-order valence-electron chi connectivity index (χ4n) is 10.6. The smallest absolute Gasteiger partial charge is 0.292 e. The number of fused-ring (bicyclic) bond motifs is 9. The number of ether oxygens (including phenoxy) is 3. The lowest BCUT2D eigenvalue weighted by atomic mass is 9.76. The number of benzene rings is 8. The quantitative estimate of drug-likeness (QED) is 0.0547. The maximum Gasteiger partial charge on any atom is 0.292 e. The van der Waals surface area contributed by atoms with E-state index in [2.05, 4.69) is 6.92 Å². The van der Waals surface area contributed by atoms with Gasteiger partial charge in [-0.25, -0.2) is 0 Å². The fraction of sp³-hybridized carbons (Fsp3) is 0.180. The number of nitriles is 2. The third-order valence-electron chi connectivity index (χ3n) is 14.3. The van der Waals surface area contributed by atoms with Gasteiger partial charge in [0, 0.05) is 51.0 Å². The zero-order valence-electron chi connectivity index (χ0n) is 41.5. The van der Waals surface area contributed by atoms with Crippen LogP contribution in [0.25, 0.3) is 33.4 Å². The van der Waals surface area contributed by atoms with Crippen LogP contribution in [-0.2, 0) is 48.9 Å². The van der Waals surface area contributed by atoms with Crippen LogP contribution >= 0.6 is 22.1 Å². The van der Waals surface area contributed by atoms with Gasteiger partial charge < -0.3 is 27.8 Å². The SMILES string of the molecule is CCCCOCc1cc(C(C)(C)c2cc(CP3(=O)Oc4ccccc4-c4ccccc43)c(OC#N)c(CP3(=O)Oc4ccccc4-c4ccccc43)c2)cc(CP2(=O)Oc3ccccc3-c3ccccc32)c1OC#N. The van der Waals surface area contributed by atoms with Crippen molar-refractivity contribution in [2.45, 2.75) is 64.1 Å². The molecule has 0 N–H and O–H groups in total. The third-order valence-corrected chi connectivity index (χ3v) is 21.5. The first-order valence-electron chi connectivity index (χ1n) is 24.8. The molecule has 3 atom stereocenters. The van der Waals surface area contributed by atoms with Gasteiger partial charge in [-0.3, -0.25) is 13.7 Å². The van der Waals surface area contributed by atoms with Crippen molar-refractivity contribution in [2.75, 3.05) is 6.61 Å². The molecule has 0 aliphatic carbocycles. The Morgan fingerprint density at radius 3 is 1.15 bits per heavy atom. The molecule has 14 heteroatoms. The number of para-hydroxylation sites is 3. The van der Waals surface area contributed by atoms with E-state index in [4.69, 9.17) is 27.8 Å². The lowest BCUT2D eigenvalue weighted by Gasteiger charge is -2.33. The largest absolute Gasteiger partial charge is 0.439 e. The van der Waals surface area contributed by atoms with Gasteiger partial charge in [-0.15, -0.1) is 10.5 Å². The van der Waals surface area contributed by atoms with Crippen molar-refractivity contribution in [2.24, 2.45) is 0 Å². The summed E-state index contributed by atoms with van der Waals surface area (Å²) in [4.78, 5) is 0. The van der Waals surface area contributed by atoms with Gasteiger partial charge in [-0.1, -0.05) is 155 Å². The van der Waals surface area contributed by atoms with Gasteiger partial charge in [0.1, 0.15) is 23.0 Å². The zero-order valence-corrected chi connectivity index (χ0v) is 44.2. The van der Waals surface area contributed by atoms with Gasteiger partial charge >= 0.3 is 0 Å². The van der Waals surface area contributed by atoms with E-state index in [1.807, 2.05) is 178 Å². The highest BCUT2D eigenvalue weighted by Crippen LogP contribution is 2.62. The van der Waals surface area contributed by atoms with E-state index in [0.29, 0.717) is 67.6 Å². The number of rotatable bonds is 15. The predicted molar refractivity (Wildman–Crippen MR) is 292 cm³/mol. The van der Waals surface area contributed by atoms with Gasteiger partial charge in [0.2, 0.25) is 0 Å². The molecule has 0 spiro atoms. The second-order valence-electron chi connectivity index (χ2n) is 19.5. The molecular formula is C61H51N2O9P3. The summed E-state index contributed by atoms with van der Waals surface area (Å²) in [6.45, 7) is 6.65. The predicted octanol–water partition coefficient (Wildman–Crippen LogP) is 14.5. The third kappa shape index (κ3) is 9.05. The number of nitrogens with zero attached hydrogens (tertiary/aromatic N) is 2. The highest BCUT2D eigenvalue weighted by atomic mass is 31.2. The second-order valence-corrected chi connectivity index (χ2v) is 26.5. The summed E-state index contributed by atoms with van der Waals surface area (Å²) >= 11 is 0. The zero-order chi connectivity index (χ0) is 52.0. The summed E-state index contributed by atoms with van der Waals surface area (Å²) in [5.41, 5.74) is 6.96. The Hall–Kier alpha value is -7.61. The first-order valence-corrected chi connectivity index (χ1v) is 30.2. The molecule has 11 rings (SSSR count). The summed E-state index contributed by atoms with van der Waals surface area (Å²) in [5.74, 6) is 1.73. The molecule has 11 nitrogen and oxygen atoms in total. The highest BCUT2D eigenvalue weighted by Gasteiger charge is 2.42. The van der Waals surface area contributed by atoms with Gasteiger partial charge in [0.25, 0.3) is 34.6 Å². The first-order chi connectivity index (χ1) is 36.4. The van der Waals surface area contributed by atoms with Crippen LogP contribution < -0.4 is 39.0 Å². The van der Waals surface area contributed by atoms with Crippen LogP contribution in [0.1, 0.15) is 67.0 Å². The van der Waals surface area contributed by atoms with Crippen LogP contribution in [0.4, 0.5) is 0 Å². The van der Waals surface area contributed by atoms with Crippen LogP contribution in [0.15, 0.2) is 170 Å². The molecule has 3 unspecified atom stereocenters. The van der Waals surface area contributed by atoms with E-state index in [0.717, 1.165) is 51.8 Å². The van der Waals surface area contributed by atoms with E-state index >= 15 is 13.7 Å². The normalized spacial score (nSPS) is 18.6. The molecule has 0 amide bonds. The Labute approximate surface area is 436 Å². The molecule has 75 heavy (non-hydrogen) atoms. The molecule has 0 aromatic heterocycles. The molecule has 0 radical (unpaired) electrons. The monoisotopic (exact) mass is 1050 g/mol. The van der Waals surface area contributed by atoms with Gasteiger partial charge in [-0.2, -0.15) is 0 Å². The lowest BCUT2D eigenvalue weighted by molar-refractivity contribution is 0.116. The molecule has 0 saturated carbocycles. The fourth-order valence-corrected chi connectivity index (χ4v) is 17.7. The van der Waals surface area contributed by atoms with Crippen LogP contribution in [0.5, 0.6) is 28.7 Å². The van der Waals surface area contributed by atoms with Crippen molar-refractivity contribution in [1.82, 2.24) is 0 Å². The summed E-state index contributed by atoms with van der Waals surface area (Å²) in [5, 5.41) is 22.2. The summed E-state index contributed by atoms with van der Waals surface area (Å²) in [6.07, 6.45) is 4.96. The maximum atomic E-state index is 15.8. The minimum atomic E-state index is -3.85. The van der Waals surface area contributed by atoms with E-state index in [1.54, 1.807) is 18.2 Å². The Kier molecular flexibility index (Phi) is 13.2. The molecule has 0 bridgehead atoms. The molecule has 3 aliphatic heterocycles. The Bertz CT molecular complexity index is 3690. The van der Waals surface area contributed by atoms with E-state index < -0.39 is 27.5 Å². The van der Waals surface area contributed by atoms with E-state index in [-0.39, 0.29) is 36.6 Å². The van der Waals surface area contributed by atoms with Crippen molar-refractivity contribution < 1.29 is 41.5 Å². The summed E-state index contributed by atoms with van der Waals surface area (Å²) in [7, 11) is -11.5. The van der Waals surface area contributed by atoms with Crippen molar-refractivity contribution in [3.8, 4) is 74.6 Å². The average molecular weight is 1050 g/mol. The van der Waals surface area contributed by atoms with Crippen molar-refractivity contribution in [1.29, 1.82) is 10.5 Å². The molecule has 374 valence electrons. The average Bonchev–Trinajstić information content (AvgIpc) is 3.43. The van der Waals surface area contributed by atoms with Gasteiger partial charge in [0.05, 0.1) is 41.0 Å². The van der Waals surface area contributed by atoms with Crippen LogP contribution in [-0.4, -0.2) is 6.61 Å². The standard InChI is InChI=1S/C61H51N2O9P3/c1-4-5-30-67-35-41-31-45(32-42(59(41)68-39-62)36-73(64)56-27-15-9-21-50(56)47-18-6-12-24-53(47)70-73)61(2,3)46-33-43(37-74(65)57-28-16-10-22-51(57)48-19-7-13-25-54(48)71-74)60(69-40-63)44(34-46)38-75(66)58-29-17-11-23-52(58)49-20-8-14-26-55(49)72-75/h6-29,31-34H,4-5,30,35-38H2,1-3H3. The molecule has 0 fully saturated rings. The molecule has 3 aliphatic rings. The molecule has 8 aromatic rings. The van der Waals surface area contributed by atoms with E-state index in [9.17, 15) is 10.5 Å². The minimum absolute atomic E-state index is 0.0762. The van der Waals surface area contributed by atoms with Crippen molar-refractivity contribution >= 4 is 38.0 Å². The molecule has 8 aromatic carbocycles. The lowest BCUT2D eigenvalue weighted by Crippen LogP contribution is -2.23. The first kappa shape index (κ1) is 49.6. The van der Waals surface area contributed by atoms with Crippen LogP contribution in [0.2, 0.25) is 0 Å². The van der Waals surface area contributed by atoms with Gasteiger partial charge in [0.15, 0.2) is 5.75 Å². The highest BCUT2D eigenvalue weighted by molar-refractivity contribution is 7.67. The molecular weight excluding hydrogens is 998 g/mol.